The van der Waals surface area contributed by atoms with Crippen LogP contribution in [0.4, 0.5) is 19.0 Å². The highest BCUT2D eigenvalue weighted by atomic mass is 19.4. The van der Waals surface area contributed by atoms with Crippen LogP contribution in [0, 0.1) is 11.3 Å². The second-order valence-electron chi connectivity index (χ2n) is 3.16. The maximum Gasteiger partial charge on any atom is 0.390 e. The van der Waals surface area contributed by atoms with E-state index in [0.717, 1.165) is 0 Å². The summed E-state index contributed by atoms with van der Waals surface area (Å²) in [6.45, 7) is -0.190. The number of alkyl halides is 3. The lowest BCUT2D eigenvalue weighted by molar-refractivity contribution is -0.132. The monoisotopic (exact) mass is 230 g/mol. The maximum absolute atomic E-state index is 11.9. The van der Waals surface area contributed by atoms with Gasteiger partial charge in [-0.25, -0.2) is 9.97 Å². The number of halogens is 3. The Balaban J connectivity index is 2.60. The average Bonchev–Trinajstić information content (AvgIpc) is 2.25. The third kappa shape index (κ3) is 3.73. The Morgan fingerprint density at radius 1 is 1.38 bits per heavy atom. The molecule has 1 heterocycles. The van der Waals surface area contributed by atoms with Crippen molar-refractivity contribution in [1.82, 2.24) is 9.97 Å². The minimum absolute atomic E-state index is 0.132. The van der Waals surface area contributed by atoms with Crippen molar-refractivity contribution in [1.29, 1.82) is 5.26 Å². The summed E-state index contributed by atoms with van der Waals surface area (Å²) in [5, 5.41) is 8.46. The fourth-order valence-corrected chi connectivity index (χ4v) is 0.985. The molecule has 0 saturated heterocycles. The second kappa shape index (κ2) is 4.79. The summed E-state index contributed by atoms with van der Waals surface area (Å²) in [6, 6.07) is 1.78. The molecule has 0 aromatic carbocycles. The Bertz CT molecular complexity index is 379. The van der Waals surface area contributed by atoms with Gasteiger partial charge in [0.1, 0.15) is 11.9 Å². The summed E-state index contributed by atoms with van der Waals surface area (Å²) in [6.07, 6.45) is -2.60. The zero-order valence-electron chi connectivity index (χ0n) is 8.49. The molecule has 1 aromatic rings. The summed E-state index contributed by atoms with van der Waals surface area (Å²) >= 11 is 0. The molecule has 0 bridgehead atoms. The van der Waals surface area contributed by atoms with E-state index < -0.39 is 12.6 Å². The fourth-order valence-electron chi connectivity index (χ4n) is 0.985. The van der Waals surface area contributed by atoms with Crippen molar-refractivity contribution in [2.45, 2.75) is 12.6 Å². The van der Waals surface area contributed by atoms with Crippen molar-refractivity contribution in [3.8, 4) is 6.07 Å². The van der Waals surface area contributed by atoms with E-state index in [-0.39, 0.29) is 12.2 Å². The van der Waals surface area contributed by atoms with E-state index in [1.807, 2.05) is 0 Å². The number of hydrogen-bond acceptors (Lipinski definition) is 4. The maximum atomic E-state index is 11.9. The van der Waals surface area contributed by atoms with Gasteiger partial charge in [-0.1, -0.05) is 0 Å². The lowest BCUT2D eigenvalue weighted by atomic mass is 10.4. The smallest absolute Gasteiger partial charge is 0.358 e. The SMILES string of the molecule is CN(CCC(F)(F)F)c1cnc(C#N)cn1. The highest BCUT2D eigenvalue weighted by molar-refractivity contribution is 5.35. The minimum atomic E-state index is -4.19. The van der Waals surface area contributed by atoms with E-state index in [4.69, 9.17) is 5.26 Å². The molecule has 0 aliphatic carbocycles. The molecule has 0 aliphatic heterocycles. The van der Waals surface area contributed by atoms with Crippen LogP contribution in [0.5, 0.6) is 0 Å². The van der Waals surface area contributed by atoms with Gasteiger partial charge in [-0.05, 0) is 0 Å². The van der Waals surface area contributed by atoms with Crippen LogP contribution in [0.3, 0.4) is 0 Å². The lowest BCUT2D eigenvalue weighted by Gasteiger charge is -2.18. The van der Waals surface area contributed by atoms with Crippen LogP contribution in [0.15, 0.2) is 12.4 Å². The summed E-state index contributed by atoms with van der Waals surface area (Å²) in [5.74, 6) is 0.309. The summed E-state index contributed by atoms with van der Waals surface area (Å²) < 4.78 is 35.8. The molecule has 7 heteroatoms. The minimum Gasteiger partial charge on any atom is -0.358 e. The standard InChI is InChI=1S/C9H9F3N4/c1-16(3-2-9(10,11)12)8-6-14-7(4-13)5-15-8/h5-6H,2-3H2,1H3. The molecule has 0 amide bonds. The molecule has 0 radical (unpaired) electrons. The van der Waals surface area contributed by atoms with E-state index >= 15 is 0 Å². The van der Waals surface area contributed by atoms with Gasteiger partial charge in [0.15, 0.2) is 5.69 Å². The van der Waals surface area contributed by atoms with Gasteiger partial charge in [0, 0.05) is 13.6 Å². The fraction of sp³-hybridized carbons (Fsp3) is 0.444. The van der Waals surface area contributed by atoms with Gasteiger partial charge in [-0.3, -0.25) is 0 Å². The normalized spacial score (nSPS) is 10.9. The first kappa shape index (κ1) is 12.2. The van der Waals surface area contributed by atoms with E-state index in [0.29, 0.717) is 5.82 Å². The van der Waals surface area contributed by atoms with Crippen molar-refractivity contribution < 1.29 is 13.2 Å². The highest BCUT2D eigenvalue weighted by Crippen LogP contribution is 2.20. The van der Waals surface area contributed by atoms with Gasteiger partial charge < -0.3 is 4.90 Å². The second-order valence-corrected chi connectivity index (χ2v) is 3.16. The molecule has 86 valence electrons. The number of aromatic nitrogens is 2. The number of nitriles is 1. The quantitative estimate of drug-likeness (QED) is 0.793. The molecule has 0 atom stereocenters. The molecule has 1 aromatic heterocycles. The molecule has 4 nitrogen and oxygen atoms in total. The average molecular weight is 230 g/mol. The molecular formula is C9H9F3N4. The van der Waals surface area contributed by atoms with E-state index in [9.17, 15) is 13.2 Å². The number of hydrogen-bond donors (Lipinski definition) is 0. The van der Waals surface area contributed by atoms with Crippen LogP contribution in [-0.2, 0) is 0 Å². The first-order valence-corrected chi connectivity index (χ1v) is 4.42. The van der Waals surface area contributed by atoms with Crippen LogP contribution >= 0.6 is 0 Å². The van der Waals surface area contributed by atoms with Gasteiger partial charge in [0.2, 0.25) is 0 Å². The number of nitrogens with zero attached hydrogens (tertiary/aromatic N) is 4. The topological polar surface area (TPSA) is 52.8 Å². The molecular weight excluding hydrogens is 221 g/mol. The molecule has 1 rings (SSSR count). The van der Waals surface area contributed by atoms with Gasteiger partial charge >= 0.3 is 6.18 Å². The molecule has 0 N–H and O–H groups in total. The summed E-state index contributed by atoms with van der Waals surface area (Å²) in [7, 11) is 1.49. The van der Waals surface area contributed by atoms with Crippen molar-refractivity contribution in [2.24, 2.45) is 0 Å². The predicted octanol–water partition coefficient (Wildman–Crippen LogP) is 1.74. The molecule has 0 saturated carbocycles. The van der Waals surface area contributed by atoms with Gasteiger partial charge in [0.25, 0.3) is 0 Å². The van der Waals surface area contributed by atoms with E-state index in [1.165, 1.54) is 24.3 Å². The lowest BCUT2D eigenvalue weighted by Crippen LogP contribution is -2.24. The van der Waals surface area contributed by atoms with Crippen molar-refractivity contribution >= 4 is 5.82 Å². The van der Waals surface area contributed by atoms with Crippen LogP contribution in [0.1, 0.15) is 12.1 Å². The zero-order valence-corrected chi connectivity index (χ0v) is 8.49. The van der Waals surface area contributed by atoms with Gasteiger partial charge in [-0.15, -0.1) is 0 Å². The Morgan fingerprint density at radius 2 is 2.06 bits per heavy atom. The first-order chi connectivity index (χ1) is 7.42. The van der Waals surface area contributed by atoms with Crippen LogP contribution in [0.25, 0.3) is 0 Å². The van der Waals surface area contributed by atoms with Crippen molar-refractivity contribution in [3.63, 3.8) is 0 Å². The Kier molecular flexibility index (Phi) is 3.66. The summed E-state index contributed by atoms with van der Waals surface area (Å²) in [5.41, 5.74) is 0.132. The molecule has 0 aliphatic rings. The van der Waals surface area contributed by atoms with Crippen molar-refractivity contribution in [3.05, 3.63) is 18.1 Å². The van der Waals surface area contributed by atoms with Crippen LogP contribution in [-0.4, -0.2) is 29.7 Å². The highest BCUT2D eigenvalue weighted by Gasteiger charge is 2.27. The first-order valence-electron chi connectivity index (χ1n) is 4.42. The molecule has 0 unspecified atom stereocenters. The van der Waals surface area contributed by atoms with Crippen LogP contribution < -0.4 is 4.90 Å². The summed E-state index contributed by atoms with van der Waals surface area (Å²) in [4.78, 5) is 8.87. The molecule has 16 heavy (non-hydrogen) atoms. The van der Waals surface area contributed by atoms with Crippen LogP contribution in [0.2, 0.25) is 0 Å². The third-order valence-electron chi connectivity index (χ3n) is 1.87. The third-order valence-corrected chi connectivity index (χ3v) is 1.87. The molecule has 0 fully saturated rings. The van der Waals surface area contributed by atoms with E-state index in [2.05, 4.69) is 9.97 Å². The molecule has 0 spiro atoms. The van der Waals surface area contributed by atoms with Gasteiger partial charge in [0.05, 0.1) is 18.8 Å². The van der Waals surface area contributed by atoms with E-state index in [1.54, 1.807) is 6.07 Å². The zero-order chi connectivity index (χ0) is 12.2. The number of rotatable bonds is 3. The Hall–Kier alpha value is -1.84. The Morgan fingerprint density at radius 3 is 2.50 bits per heavy atom. The van der Waals surface area contributed by atoms with Crippen molar-refractivity contribution in [2.75, 3.05) is 18.5 Å². The van der Waals surface area contributed by atoms with Gasteiger partial charge in [-0.2, -0.15) is 18.4 Å². The predicted molar refractivity (Wildman–Crippen MR) is 50.7 cm³/mol. The number of anilines is 1. The largest absolute Gasteiger partial charge is 0.390 e. The Labute approximate surface area is 90.3 Å².